The van der Waals surface area contributed by atoms with Crippen LogP contribution in [0.4, 0.5) is 4.79 Å². The number of hydrogen-bond acceptors (Lipinski definition) is 4. The van der Waals surface area contributed by atoms with Gasteiger partial charge in [-0.3, -0.25) is 4.79 Å². The molecule has 0 aliphatic heterocycles. The minimum Gasteiger partial charge on any atom is -0.480 e. The van der Waals surface area contributed by atoms with E-state index in [1.54, 1.807) is 13.8 Å². The molecule has 1 fully saturated rings. The van der Waals surface area contributed by atoms with Crippen molar-refractivity contribution in [2.45, 2.75) is 44.2 Å². The molecule has 2 aliphatic carbocycles. The number of carbonyl (C=O) groups excluding carboxylic acids is 2. The van der Waals surface area contributed by atoms with Gasteiger partial charge in [-0.05, 0) is 41.0 Å². The second-order valence-electron chi connectivity index (χ2n) is 8.57. The number of alkyl carbamates (subject to hydrolysis) is 1. The summed E-state index contributed by atoms with van der Waals surface area (Å²) in [5.74, 6) is -1.92. The Labute approximate surface area is 180 Å². The fourth-order valence-corrected chi connectivity index (χ4v) is 4.16. The molecule has 0 aromatic heterocycles. The Morgan fingerprint density at radius 3 is 2.06 bits per heavy atom. The van der Waals surface area contributed by atoms with Gasteiger partial charge in [-0.25, -0.2) is 9.59 Å². The van der Waals surface area contributed by atoms with Crippen molar-refractivity contribution < 1.29 is 24.2 Å². The fourth-order valence-electron chi connectivity index (χ4n) is 4.16. The summed E-state index contributed by atoms with van der Waals surface area (Å²) in [5.41, 5.74) is 3.40. The minimum absolute atomic E-state index is 0.0699. The van der Waals surface area contributed by atoms with Crippen molar-refractivity contribution in [1.29, 1.82) is 0 Å². The highest BCUT2D eigenvalue weighted by molar-refractivity contribution is 5.95. The van der Waals surface area contributed by atoms with Gasteiger partial charge in [0.05, 0.1) is 0 Å². The van der Waals surface area contributed by atoms with Crippen molar-refractivity contribution >= 4 is 18.0 Å². The van der Waals surface area contributed by atoms with Crippen LogP contribution in [0.3, 0.4) is 0 Å². The van der Waals surface area contributed by atoms with Gasteiger partial charge >= 0.3 is 12.1 Å². The average Bonchev–Trinajstić information content (AvgIpc) is 3.45. The molecule has 1 atom stereocenters. The summed E-state index contributed by atoms with van der Waals surface area (Å²) in [6.45, 7) is 3.59. The van der Waals surface area contributed by atoms with E-state index < -0.39 is 29.6 Å². The standard InChI is InChI=1S/C24H26N2O5/c1-14(2)20(21(27)28)25-22(29)24(11-12-24)26-23(30)31-13-19-17-9-5-3-7-15(17)16-8-4-6-10-18(16)19/h3-10,14,19-20H,11-13H2,1-2H3,(H,25,29)(H,26,30)(H,27,28). The second kappa shape index (κ2) is 8.06. The van der Waals surface area contributed by atoms with Gasteiger partial charge in [0.15, 0.2) is 0 Å². The monoisotopic (exact) mass is 422 g/mol. The molecule has 0 saturated heterocycles. The number of benzene rings is 2. The van der Waals surface area contributed by atoms with Gasteiger partial charge in [-0.2, -0.15) is 0 Å². The fraction of sp³-hybridized carbons (Fsp3) is 0.375. The summed E-state index contributed by atoms with van der Waals surface area (Å²) in [7, 11) is 0. The topological polar surface area (TPSA) is 105 Å². The van der Waals surface area contributed by atoms with Crippen LogP contribution in [0.15, 0.2) is 48.5 Å². The zero-order valence-electron chi connectivity index (χ0n) is 17.6. The first kappa shape index (κ1) is 20.9. The third-order valence-electron chi connectivity index (χ3n) is 6.09. The maximum absolute atomic E-state index is 12.6. The van der Waals surface area contributed by atoms with Gasteiger partial charge in [-0.1, -0.05) is 62.4 Å². The van der Waals surface area contributed by atoms with Crippen LogP contribution in [-0.2, 0) is 14.3 Å². The molecule has 7 nitrogen and oxygen atoms in total. The molecule has 0 heterocycles. The van der Waals surface area contributed by atoms with Crippen LogP contribution in [0.5, 0.6) is 0 Å². The molecule has 1 unspecified atom stereocenters. The van der Waals surface area contributed by atoms with E-state index in [-0.39, 0.29) is 18.4 Å². The number of fused-ring (bicyclic) bond motifs is 3. The first-order chi connectivity index (χ1) is 14.8. The van der Waals surface area contributed by atoms with Crippen molar-refractivity contribution in [3.05, 3.63) is 59.7 Å². The van der Waals surface area contributed by atoms with Crippen LogP contribution in [0.2, 0.25) is 0 Å². The normalized spacial score (nSPS) is 16.7. The molecule has 2 aromatic carbocycles. The summed E-state index contributed by atoms with van der Waals surface area (Å²) in [6.07, 6.45) is 0.229. The number of ether oxygens (including phenoxy) is 1. The second-order valence-corrected chi connectivity index (χ2v) is 8.57. The highest BCUT2D eigenvalue weighted by Crippen LogP contribution is 2.44. The SMILES string of the molecule is CC(C)C(NC(=O)C1(NC(=O)OCC2c3ccccc3-c3ccccc32)CC1)C(=O)O. The van der Waals surface area contributed by atoms with Gasteiger partial charge in [0.1, 0.15) is 18.2 Å². The third-order valence-corrected chi connectivity index (χ3v) is 6.09. The molecule has 2 amide bonds. The Morgan fingerprint density at radius 1 is 1.03 bits per heavy atom. The lowest BCUT2D eigenvalue weighted by Gasteiger charge is -2.23. The van der Waals surface area contributed by atoms with Crippen LogP contribution in [0, 0.1) is 5.92 Å². The zero-order chi connectivity index (χ0) is 22.2. The quantitative estimate of drug-likeness (QED) is 0.635. The molecule has 0 bridgehead atoms. The minimum atomic E-state index is -1.10. The van der Waals surface area contributed by atoms with Gasteiger partial charge in [0.2, 0.25) is 5.91 Å². The number of hydrogen-bond donors (Lipinski definition) is 3. The van der Waals surface area contributed by atoms with Gasteiger partial charge in [-0.15, -0.1) is 0 Å². The molecule has 1 saturated carbocycles. The van der Waals surface area contributed by atoms with E-state index in [4.69, 9.17) is 4.74 Å². The molecule has 162 valence electrons. The van der Waals surface area contributed by atoms with Crippen LogP contribution in [0.25, 0.3) is 11.1 Å². The van der Waals surface area contributed by atoms with Gasteiger partial charge < -0.3 is 20.5 Å². The maximum atomic E-state index is 12.6. The van der Waals surface area contributed by atoms with Crippen LogP contribution in [-0.4, -0.2) is 41.3 Å². The summed E-state index contributed by atoms with van der Waals surface area (Å²) in [4.78, 5) is 36.5. The van der Waals surface area contributed by atoms with Crippen molar-refractivity contribution in [3.63, 3.8) is 0 Å². The van der Waals surface area contributed by atoms with Crippen molar-refractivity contribution in [3.8, 4) is 11.1 Å². The molecule has 2 aromatic rings. The Balaban J connectivity index is 1.40. The lowest BCUT2D eigenvalue weighted by Crippen LogP contribution is -2.54. The van der Waals surface area contributed by atoms with Gasteiger partial charge in [0, 0.05) is 5.92 Å². The summed E-state index contributed by atoms with van der Waals surface area (Å²) < 4.78 is 5.52. The van der Waals surface area contributed by atoms with E-state index in [9.17, 15) is 19.5 Å². The van der Waals surface area contributed by atoms with Crippen molar-refractivity contribution in [2.75, 3.05) is 6.61 Å². The number of aliphatic carboxylic acids is 1. The van der Waals surface area contributed by atoms with Crippen LogP contribution >= 0.6 is 0 Å². The van der Waals surface area contributed by atoms with E-state index in [0.29, 0.717) is 12.8 Å². The third kappa shape index (κ3) is 4.00. The summed E-state index contributed by atoms with van der Waals surface area (Å²) in [6, 6.07) is 15.1. The van der Waals surface area contributed by atoms with E-state index in [0.717, 1.165) is 22.3 Å². The summed E-state index contributed by atoms with van der Waals surface area (Å²) in [5, 5.41) is 14.5. The lowest BCUT2D eigenvalue weighted by molar-refractivity contribution is -0.143. The van der Waals surface area contributed by atoms with E-state index in [1.807, 2.05) is 36.4 Å². The Hall–Kier alpha value is -3.35. The number of amides is 2. The predicted molar refractivity (Wildman–Crippen MR) is 115 cm³/mol. The molecular weight excluding hydrogens is 396 g/mol. The number of carboxylic acids is 1. The van der Waals surface area contributed by atoms with E-state index >= 15 is 0 Å². The number of nitrogens with one attached hydrogen (secondary N) is 2. The van der Waals surface area contributed by atoms with Crippen molar-refractivity contribution in [1.82, 2.24) is 10.6 Å². The molecule has 31 heavy (non-hydrogen) atoms. The predicted octanol–water partition coefficient (Wildman–Crippen LogP) is 3.28. The first-order valence-electron chi connectivity index (χ1n) is 10.5. The molecule has 0 spiro atoms. The zero-order valence-corrected chi connectivity index (χ0v) is 17.6. The highest BCUT2D eigenvalue weighted by atomic mass is 16.5. The molecular formula is C24H26N2O5. The average molecular weight is 422 g/mol. The van der Waals surface area contributed by atoms with E-state index in [1.165, 1.54) is 0 Å². The van der Waals surface area contributed by atoms with Crippen LogP contribution < -0.4 is 10.6 Å². The summed E-state index contributed by atoms with van der Waals surface area (Å²) >= 11 is 0. The van der Waals surface area contributed by atoms with Crippen molar-refractivity contribution in [2.24, 2.45) is 5.92 Å². The largest absolute Gasteiger partial charge is 0.480 e. The van der Waals surface area contributed by atoms with Crippen LogP contribution in [0.1, 0.15) is 43.7 Å². The molecule has 0 radical (unpaired) electrons. The van der Waals surface area contributed by atoms with E-state index in [2.05, 4.69) is 22.8 Å². The smallest absolute Gasteiger partial charge is 0.408 e. The van der Waals surface area contributed by atoms with Gasteiger partial charge in [0.25, 0.3) is 0 Å². The number of rotatable bonds is 7. The number of carboxylic acid groups (broad SMARTS) is 1. The lowest BCUT2D eigenvalue weighted by atomic mass is 9.98. The molecule has 3 N–H and O–H groups in total. The molecule has 2 aliphatic rings. The number of carbonyl (C=O) groups is 3. The first-order valence-corrected chi connectivity index (χ1v) is 10.5. The Kier molecular flexibility index (Phi) is 5.43. The molecule has 7 heteroatoms. The molecule has 4 rings (SSSR count). The maximum Gasteiger partial charge on any atom is 0.408 e. The Bertz CT molecular complexity index is 983. The Morgan fingerprint density at radius 2 is 1.58 bits per heavy atom. The highest BCUT2D eigenvalue weighted by Gasteiger charge is 2.52.